The first-order chi connectivity index (χ1) is 14.1. The van der Waals surface area contributed by atoms with Crippen LogP contribution in [-0.4, -0.2) is 45.4 Å². The summed E-state index contributed by atoms with van der Waals surface area (Å²) in [5.74, 6) is -0.814. The molecule has 1 N–H and O–H groups in total. The zero-order chi connectivity index (χ0) is 20.6. The Balaban J connectivity index is 1.67. The number of thiazole rings is 2. The summed E-state index contributed by atoms with van der Waals surface area (Å²) in [6.45, 7) is 2.00. The second kappa shape index (κ2) is 10.3. The first-order valence-corrected chi connectivity index (χ1v) is 11.5. The second-order valence-electron chi connectivity index (χ2n) is 5.63. The van der Waals surface area contributed by atoms with E-state index < -0.39 is 5.97 Å². The summed E-state index contributed by atoms with van der Waals surface area (Å²) in [7, 11) is 0. The van der Waals surface area contributed by atoms with Crippen molar-refractivity contribution in [3.05, 3.63) is 40.6 Å². The molecular formula is C18H18N4O4S3. The maximum atomic E-state index is 12.3. The Morgan fingerprint density at radius 1 is 1.28 bits per heavy atom. The molecule has 152 valence electrons. The predicted molar refractivity (Wildman–Crippen MR) is 115 cm³/mol. The molecule has 2 aromatic heterocycles. The van der Waals surface area contributed by atoms with E-state index in [1.165, 1.54) is 34.4 Å². The van der Waals surface area contributed by atoms with Gasteiger partial charge in [0.1, 0.15) is 6.54 Å². The number of hydrogen-bond acceptors (Lipinski definition) is 8. The summed E-state index contributed by atoms with van der Waals surface area (Å²) >= 11 is 3.83. The summed E-state index contributed by atoms with van der Waals surface area (Å²) in [4.78, 5) is 44.7. The van der Waals surface area contributed by atoms with Crippen molar-refractivity contribution < 1.29 is 19.1 Å². The highest BCUT2D eigenvalue weighted by molar-refractivity contribution is 8.00. The minimum Gasteiger partial charge on any atom is -0.465 e. The van der Waals surface area contributed by atoms with Crippen LogP contribution in [-0.2, 0) is 25.7 Å². The molecule has 3 aromatic rings. The molecule has 0 aliphatic heterocycles. The van der Waals surface area contributed by atoms with Crippen LogP contribution in [0.4, 0.5) is 5.13 Å². The molecule has 3 rings (SSSR count). The molecule has 11 heteroatoms. The third-order valence-corrected chi connectivity index (χ3v) is 6.20. The van der Waals surface area contributed by atoms with E-state index in [1.54, 1.807) is 23.1 Å². The highest BCUT2D eigenvalue weighted by Gasteiger charge is 2.12. The lowest BCUT2D eigenvalue weighted by molar-refractivity contribution is -0.143. The predicted octanol–water partition coefficient (Wildman–Crippen LogP) is 2.52. The standard InChI is InChI=1S/C18H18N4O4S3/c1-2-26-16(25)9-22-12-5-3-4-6-13(12)29-18(22)21-15(24)11-27-10-14(23)20-17-19-7-8-28-17/h3-8H,2,9-11H2,1H3,(H,19,20,23). The van der Waals surface area contributed by atoms with E-state index in [0.717, 1.165) is 10.2 Å². The van der Waals surface area contributed by atoms with E-state index in [2.05, 4.69) is 15.3 Å². The highest BCUT2D eigenvalue weighted by Crippen LogP contribution is 2.17. The minimum absolute atomic E-state index is 0.0205. The van der Waals surface area contributed by atoms with Crippen molar-refractivity contribution >= 4 is 67.6 Å². The lowest BCUT2D eigenvalue weighted by atomic mass is 10.3. The average Bonchev–Trinajstić information content (AvgIpc) is 3.30. The zero-order valence-corrected chi connectivity index (χ0v) is 17.9. The number of fused-ring (bicyclic) bond motifs is 1. The number of ether oxygens (including phenoxy) is 1. The van der Waals surface area contributed by atoms with E-state index in [1.807, 2.05) is 24.3 Å². The van der Waals surface area contributed by atoms with E-state index in [4.69, 9.17) is 4.74 Å². The van der Waals surface area contributed by atoms with Crippen molar-refractivity contribution in [1.82, 2.24) is 9.55 Å². The smallest absolute Gasteiger partial charge is 0.326 e. The molecule has 2 heterocycles. The summed E-state index contributed by atoms with van der Waals surface area (Å²) in [6, 6.07) is 7.52. The van der Waals surface area contributed by atoms with Gasteiger partial charge in [-0.1, -0.05) is 23.5 Å². The number of amides is 2. The first kappa shape index (κ1) is 21.2. The van der Waals surface area contributed by atoms with Gasteiger partial charge in [0.05, 0.1) is 28.3 Å². The van der Waals surface area contributed by atoms with Gasteiger partial charge in [-0.2, -0.15) is 4.99 Å². The Morgan fingerprint density at radius 2 is 2.10 bits per heavy atom. The van der Waals surface area contributed by atoms with Gasteiger partial charge in [0.2, 0.25) is 5.91 Å². The fraction of sp³-hybridized carbons (Fsp3) is 0.278. The Kier molecular flexibility index (Phi) is 7.55. The van der Waals surface area contributed by atoms with Crippen molar-refractivity contribution in [2.45, 2.75) is 13.5 Å². The third kappa shape index (κ3) is 5.99. The molecule has 2 amide bonds. The molecular weight excluding hydrogens is 432 g/mol. The van der Waals surface area contributed by atoms with E-state index in [-0.39, 0.29) is 36.5 Å². The number of benzene rings is 1. The topological polar surface area (TPSA) is 103 Å². The van der Waals surface area contributed by atoms with Gasteiger partial charge in [0, 0.05) is 11.6 Å². The minimum atomic E-state index is -0.391. The van der Waals surface area contributed by atoms with Gasteiger partial charge >= 0.3 is 5.97 Å². The molecule has 0 aliphatic rings. The number of carbonyl (C=O) groups excluding carboxylic acids is 3. The number of nitrogens with zero attached hydrogens (tertiary/aromatic N) is 3. The molecule has 0 fully saturated rings. The summed E-state index contributed by atoms with van der Waals surface area (Å²) in [5, 5.41) is 4.95. The van der Waals surface area contributed by atoms with Gasteiger partial charge in [0.25, 0.3) is 5.91 Å². The molecule has 29 heavy (non-hydrogen) atoms. The molecule has 0 saturated heterocycles. The van der Waals surface area contributed by atoms with Crippen LogP contribution in [0.5, 0.6) is 0 Å². The molecule has 8 nitrogen and oxygen atoms in total. The molecule has 0 unspecified atom stereocenters. The number of carbonyl (C=O) groups is 3. The van der Waals surface area contributed by atoms with E-state index in [0.29, 0.717) is 9.93 Å². The molecule has 0 bridgehead atoms. The van der Waals surface area contributed by atoms with Crippen molar-refractivity contribution in [2.24, 2.45) is 4.99 Å². The number of thioether (sulfide) groups is 1. The average molecular weight is 451 g/mol. The van der Waals surface area contributed by atoms with Gasteiger partial charge in [0.15, 0.2) is 9.93 Å². The monoisotopic (exact) mass is 450 g/mol. The summed E-state index contributed by atoms with van der Waals surface area (Å²) in [6.07, 6.45) is 1.60. The van der Waals surface area contributed by atoms with Crippen LogP contribution in [0.2, 0.25) is 0 Å². The van der Waals surface area contributed by atoms with Crippen molar-refractivity contribution in [3.63, 3.8) is 0 Å². The van der Waals surface area contributed by atoms with Gasteiger partial charge in [-0.25, -0.2) is 4.98 Å². The number of esters is 1. The van der Waals surface area contributed by atoms with Crippen molar-refractivity contribution in [1.29, 1.82) is 0 Å². The van der Waals surface area contributed by atoms with Crippen LogP contribution in [0.15, 0.2) is 40.8 Å². The normalized spacial score (nSPS) is 11.6. The van der Waals surface area contributed by atoms with Crippen molar-refractivity contribution in [2.75, 3.05) is 23.4 Å². The Bertz CT molecular complexity index is 1070. The quantitative estimate of drug-likeness (QED) is 0.529. The third-order valence-electron chi connectivity index (χ3n) is 3.54. The van der Waals surface area contributed by atoms with Gasteiger partial charge < -0.3 is 14.6 Å². The van der Waals surface area contributed by atoms with Crippen LogP contribution < -0.4 is 10.1 Å². The van der Waals surface area contributed by atoms with Crippen LogP contribution in [0, 0.1) is 0 Å². The fourth-order valence-corrected chi connectivity index (χ4v) is 4.60. The highest BCUT2D eigenvalue weighted by atomic mass is 32.2. The number of hydrogen-bond donors (Lipinski definition) is 1. The largest absolute Gasteiger partial charge is 0.465 e. The summed E-state index contributed by atoms with van der Waals surface area (Å²) < 4.78 is 7.62. The fourth-order valence-electron chi connectivity index (χ4n) is 2.41. The van der Waals surface area contributed by atoms with Crippen LogP contribution >= 0.6 is 34.4 Å². The zero-order valence-electron chi connectivity index (χ0n) is 15.5. The van der Waals surface area contributed by atoms with Crippen LogP contribution in [0.1, 0.15) is 6.92 Å². The van der Waals surface area contributed by atoms with Crippen LogP contribution in [0.25, 0.3) is 10.2 Å². The number of nitrogens with one attached hydrogen (secondary N) is 1. The second-order valence-corrected chi connectivity index (χ2v) is 8.52. The molecule has 0 radical (unpaired) electrons. The molecule has 1 aromatic carbocycles. The van der Waals surface area contributed by atoms with E-state index >= 15 is 0 Å². The number of anilines is 1. The van der Waals surface area contributed by atoms with Crippen molar-refractivity contribution in [3.8, 4) is 0 Å². The number of aromatic nitrogens is 2. The molecule has 0 aliphatic carbocycles. The number of rotatable bonds is 8. The molecule has 0 atom stereocenters. The Hall–Kier alpha value is -2.50. The lowest BCUT2D eigenvalue weighted by Crippen LogP contribution is -2.23. The van der Waals surface area contributed by atoms with Gasteiger partial charge in [-0.15, -0.1) is 23.1 Å². The first-order valence-electron chi connectivity index (χ1n) is 8.65. The Morgan fingerprint density at radius 3 is 2.86 bits per heavy atom. The van der Waals surface area contributed by atoms with E-state index in [9.17, 15) is 14.4 Å². The number of para-hydroxylation sites is 1. The maximum absolute atomic E-state index is 12.3. The molecule has 0 saturated carbocycles. The Labute approximate surface area is 178 Å². The van der Waals surface area contributed by atoms with Gasteiger partial charge in [-0.3, -0.25) is 14.4 Å². The maximum Gasteiger partial charge on any atom is 0.326 e. The lowest BCUT2D eigenvalue weighted by Gasteiger charge is -2.05. The summed E-state index contributed by atoms with van der Waals surface area (Å²) in [5.41, 5.74) is 0.813. The SMILES string of the molecule is CCOC(=O)Cn1c(=NC(=O)CSCC(=O)Nc2nccs2)sc2ccccc21. The molecule has 0 spiro atoms. The van der Waals surface area contributed by atoms with Crippen LogP contribution in [0.3, 0.4) is 0 Å². The van der Waals surface area contributed by atoms with Gasteiger partial charge in [-0.05, 0) is 19.1 Å².